The molecule has 0 saturated carbocycles. The van der Waals surface area contributed by atoms with Crippen LogP contribution in [0, 0.1) is 0 Å². The van der Waals surface area contributed by atoms with Crippen LogP contribution in [0.3, 0.4) is 0 Å². The van der Waals surface area contributed by atoms with Crippen LogP contribution in [0.4, 0.5) is 4.79 Å². The lowest BCUT2D eigenvalue weighted by atomic mass is 10.1. The van der Waals surface area contributed by atoms with Crippen LogP contribution in [0.2, 0.25) is 0 Å². The van der Waals surface area contributed by atoms with Gasteiger partial charge in [-0.15, -0.1) is 0 Å². The Kier molecular flexibility index (Phi) is 5.40. The summed E-state index contributed by atoms with van der Waals surface area (Å²) in [6, 6.07) is 8.73. The molecule has 19 heavy (non-hydrogen) atoms. The SMILES string of the molecule is CCOC(=O)C=C(N)C(OC(N)=O)c1ccccc1. The normalized spacial score (nSPS) is 12.6. The third-order valence-corrected chi connectivity index (χ3v) is 2.21. The first kappa shape index (κ1) is 14.6. The van der Waals surface area contributed by atoms with Crippen LogP contribution in [0.25, 0.3) is 0 Å². The maximum absolute atomic E-state index is 11.3. The minimum Gasteiger partial charge on any atom is -0.463 e. The molecule has 1 atom stereocenters. The lowest BCUT2D eigenvalue weighted by Gasteiger charge is -2.17. The second-order valence-electron chi connectivity index (χ2n) is 3.62. The highest BCUT2D eigenvalue weighted by Crippen LogP contribution is 2.22. The molecule has 1 unspecified atom stereocenters. The summed E-state index contributed by atoms with van der Waals surface area (Å²) in [6.07, 6.45) is -0.818. The lowest BCUT2D eigenvalue weighted by molar-refractivity contribution is -0.137. The average molecular weight is 264 g/mol. The average Bonchev–Trinajstić information content (AvgIpc) is 2.37. The zero-order chi connectivity index (χ0) is 14.3. The molecule has 0 fully saturated rings. The first-order chi connectivity index (χ1) is 9.04. The van der Waals surface area contributed by atoms with Gasteiger partial charge in [-0.2, -0.15) is 0 Å². The van der Waals surface area contributed by atoms with Gasteiger partial charge in [-0.25, -0.2) is 9.59 Å². The van der Waals surface area contributed by atoms with Gasteiger partial charge in [0.15, 0.2) is 6.10 Å². The van der Waals surface area contributed by atoms with Gasteiger partial charge in [-0.3, -0.25) is 0 Å². The smallest absolute Gasteiger partial charge is 0.405 e. The van der Waals surface area contributed by atoms with E-state index in [-0.39, 0.29) is 12.3 Å². The first-order valence-corrected chi connectivity index (χ1v) is 5.69. The van der Waals surface area contributed by atoms with Crippen LogP contribution < -0.4 is 11.5 Å². The highest BCUT2D eigenvalue weighted by molar-refractivity contribution is 5.83. The van der Waals surface area contributed by atoms with E-state index in [9.17, 15) is 9.59 Å². The number of carbonyl (C=O) groups is 2. The molecule has 6 heteroatoms. The summed E-state index contributed by atoms with van der Waals surface area (Å²) < 4.78 is 9.65. The molecule has 1 rings (SSSR count). The third-order valence-electron chi connectivity index (χ3n) is 2.21. The van der Waals surface area contributed by atoms with Crippen molar-refractivity contribution in [1.29, 1.82) is 0 Å². The fourth-order valence-corrected chi connectivity index (χ4v) is 1.47. The van der Waals surface area contributed by atoms with Crippen molar-refractivity contribution in [3.8, 4) is 0 Å². The number of ether oxygens (including phenoxy) is 2. The number of hydrogen-bond acceptors (Lipinski definition) is 5. The summed E-state index contributed by atoms with van der Waals surface area (Å²) in [4.78, 5) is 22.2. The molecule has 0 aromatic heterocycles. The maximum Gasteiger partial charge on any atom is 0.405 e. The molecule has 6 nitrogen and oxygen atoms in total. The lowest BCUT2D eigenvalue weighted by Crippen LogP contribution is -2.22. The molecular formula is C13H16N2O4. The van der Waals surface area contributed by atoms with E-state index in [2.05, 4.69) is 0 Å². The van der Waals surface area contributed by atoms with E-state index in [1.165, 1.54) is 0 Å². The van der Waals surface area contributed by atoms with E-state index < -0.39 is 18.2 Å². The van der Waals surface area contributed by atoms with Crippen molar-refractivity contribution in [3.63, 3.8) is 0 Å². The van der Waals surface area contributed by atoms with E-state index >= 15 is 0 Å². The predicted octanol–water partition coefficient (Wildman–Crippen LogP) is 1.23. The van der Waals surface area contributed by atoms with Crippen molar-refractivity contribution in [3.05, 3.63) is 47.7 Å². The monoisotopic (exact) mass is 264 g/mol. The van der Waals surface area contributed by atoms with E-state index in [1.807, 2.05) is 0 Å². The molecule has 0 spiro atoms. The number of esters is 1. The third kappa shape index (κ3) is 4.71. The number of hydrogen-bond donors (Lipinski definition) is 2. The largest absolute Gasteiger partial charge is 0.463 e. The van der Waals surface area contributed by atoms with Gasteiger partial charge >= 0.3 is 12.1 Å². The number of rotatable bonds is 5. The van der Waals surface area contributed by atoms with E-state index in [4.69, 9.17) is 20.9 Å². The molecular weight excluding hydrogens is 248 g/mol. The minimum absolute atomic E-state index is 0.0449. The molecule has 0 saturated heterocycles. The van der Waals surface area contributed by atoms with Crippen LogP contribution in [-0.2, 0) is 14.3 Å². The number of benzene rings is 1. The van der Waals surface area contributed by atoms with Crippen LogP contribution in [0.1, 0.15) is 18.6 Å². The van der Waals surface area contributed by atoms with Crippen molar-refractivity contribution in [2.24, 2.45) is 11.5 Å². The Balaban J connectivity index is 2.97. The molecule has 0 bridgehead atoms. The molecule has 1 aromatic rings. The summed E-state index contributed by atoms with van der Waals surface area (Å²) in [5, 5.41) is 0. The summed E-state index contributed by atoms with van der Waals surface area (Å²) in [7, 11) is 0. The molecule has 0 heterocycles. The highest BCUT2D eigenvalue weighted by Gasteiger charge is 2.19. The van der Waals surface area contributed by atoms with E-state index in [1.54, 1.807) is 37.3 Å². The highest BCUT2D eigenvalue weighted by atomic mass is 16.6. The summed E-state index contributed by atoms with van der Waals surface area (Å²) in [5.41, 5.74) is 11.4. The van der Waals surface area contributed by atoms with Gasteiger partial charge in [0.1, 0.15) is 0 Å². The zero-order valence-corrected chi connectivity index (χ0v) is 10.5. The molecule has 1 amide bonds. The van der Waals surface area contributed by atoms with Gasteiger partial charge in [0.25, 0.3) is 0 Å². The molecule has 4 N–H and O–H groups in total. The summed E-state index contributed by atoms with van der Waals surface area (Å²) in [5.74, 6) is -0.603. The van der Waals surface area contributed by atoms with Gasteiger partial charge in [0.2, 0.25) is 0 Å². The van der Waals surface area contributed by atoms with Gasteiger partial charge in [0, 0.05) is 6.08 Å². The Morgan fingerprint density at radius 2 is 1.89 bits per heavy atom. The van der Waals surface area contributed by atoms with Gasteiger partial charge in [-0.1, -0.05) is 30.3 Å². The van der Waals surface area contributed by atoms with Crippen molar-refractivity contribution < 1.29 is 19.1 Å². The van der Waals surface area contributed by atoms with Crippen LogP contribution >= 0.6 is 0 Å². The van der Waals surface area contributed by atoms with Crippen molar-refractivity contribution >= 4 is 12.1 Å². The maximum atomic E-state index is 11.3. The summed E-state index contributed by atoms with van der Waals surface area (Å²) >= 11 is 0. The second-order valence-corrected chi connectivity index (χ2v) is 3.62. The minimum atomic E-state index is -0.978. The zero-order valence-electron chi connectivity index (χ0n) is 10.5. The number of carbonyl (C=O) groups excluding carboxylic acids is 2. The molecule has 0 radical (unpaired) electrons. The number of primary amides is 1. The van der Waals surface area contributed by atoms with Crippen LogP contribution in [0.5, 0.6) is 0 Å². The Morgan fingerprint density at radius 1 is 1.26 bits per heavy atom. The summed E-state index contributed by atoms with van der Waals surface area (Å²) in [6.45, 7) is 1.91. The Bertz CT molecular complexity index is 471. The van der Waals surface area contributed by atoms with Crippen LogP contribution in [-0.4, -0.2) is 18.7 Å². The second kappa shape index (κ2) is 7.05. The predicted molar refractivity (Wildman–Crippen MR) is 68.8 cm³/mol. The Labute approximate surface area is 111 Å². The quantitative estimate of drug-likeness (QED) is 0.614. The topological polar surface area (TPSA) is 105 Å². The Morgan fingerprint density at radius 3 is 2.42 bits per heavy atom. The fourth-order valence-electron chi connectivity index (χ4n) is 1.47. The van der Waals surface area contributed by atoms with Crippen molar-refractivity contribution in [2.75, 3.05) is 6.61 Å². The number of nitrogens with two attached hydrogens (primary N) is 2. The van der Waals surface area contributed by atoms with Crippen molar-refractivity contribution in [2.45, 2.75) is 13.0 Å². The first-order valence-electron chi connectivity index (χ1n) is 5.69. The molecule has 0 aliphatic carbocycles. The van der Waals surface area contributed by atoms with Crippen molar-refractivity contribution in [1.82, 2.24) is 0 Å². The molecule has 1 aromatic carbocycles. The van der Waals surface area contributed by atoms with E-state index in [0.717, 1.165) is 6.08 Å². The van der Waals surface area contributed by atoms with Gasteiger partial charge in [-0.05, 0) is 12.5 Å². The van der Waals surface area contributed by atoms with Gasteiger partial charge < -0.3 is 20.9 Å². The molecule has 0 aliphatic heterocycles. The molecule has 102 valence electrons. The van der Waals surface area contributed by atoms with Crippen LogP contribution in [0.15, 0.2) is 42.1 Å². The fraction of sp³-hybridized carbons (Fsp3) is 0.231. The molecule has 0 aliphatic rings. The van der Waals surface area contributed by atoms with Gasteiger partial charge in [0.05, 0.1) is 12.3 Å². The van der Waals surface area contributed by atoms with E-state index in [0.29, 0.717) is 5.56 Å². The Hall–Kier alpha value is -2.50. The number of amides is 1. The standard InChI is InChI=1S/C13H16N2O4/c1-2-18-11(16)8-10(14)12(19-13(15)17)9-6-4-3-5-7-9/h3-8,12H,2,14H2,1H3,(H2,15,17).